The van der Waals surface area contributed by atoms with Crippen LogP contribution in [0, 0.1) is 19.8 Å². The summed E-state index contributed by atoms with van der Waals surface area (Å²) in [5, 5.41) is 17.6. The second kappa shape index (κ2) is 5.88. The molecule has 3 rings (SSSR count). The summed E-state index contributed by atoms with van der Waals surface area (Å²) in [4.78, 5) is 14.5. The van der Waals surface area contributed by atoms with Crippen LogP contribution in [0.15, 0.2) is 12.1 Å². The molecule has 0 spiro atoms. The summed E-state index contributed by atoms with van der Waals surface area (Å²) in [6.45, 7) is 5.32. The van der Waals surface area contributed by atoms with Crippen molar-refractivity contribution in [1.82, 2.24) is 15.2 Å². The molecular weight excluding hydrogens is 282 g/mol. The van der Waals surface area contributed by atoms with Crippen LogP contribution < -0.4 is 0 Å². The van der Waals surface area contributed by atoms with Crippen molar-refractivity contribution in [2.24, 2.45) is 5.92 Å². The molecule has 1 saturated heterocycles. The summed E-state index contributed by atoms with van der Waals surface area (Å²) in [6.07, 6.45) is 1.85. The van der Waals surface area contributed by atoms with Crippen molar-refractivity contribution in [3.63, 3.8) is 0 Å². The minimum Gasteiger partial charge on any atom is -0.478 e. The maximum absolute atomic E-state index is 11.3. The van der Waals surface area contributed by atoms with E-state index in [1.165, 1.54) is 0 Å². The third-order valence-electron chi connectivity index (χ3n) is 4.10. The number of carboxylic acid groups (broad SMARTS) is 1. The third kappa shape index (κ3) is 2.87. The van der Waals surface area contributed by atoms with Gasteiger partial charge in [-0.3, -0.25) is 0 Å². The molecule has 0 saturated carbocycles. The molecule has 0 bridgehead atoms. The number of aromatic amines is 1. The highest BCUT2D eigenvalue weighted by molar-refractivity contribution is 5.91. The fraction of sp³-hybridized carbons (Fsp3) is 0.438. The van der Waals surface area contributed by atoms with Gasteiger partial charge in [0.15, 0.2) is 5.82 Å². The fourth-order valence-electron chi connectivity index (χ4n) is 2.87. The second-order valence-electron chi connectivity index (χ2n) is 5.84. The molecule has 22 heavy (non-hydrogen) atoms. The summed E-state index contributed by atoms with van der Waals surface area (Å²) in [7, 11) is 0. The Labute approximate surface area is 128 Å². The predicted octanol–water partition coefficient (Wildman–Crippen LogP) is 2.37. The number of carbonyl (C=O) groups is 1. The highest BCUT2D eigenvalue weighted by Gasteiger charge is 2.19. The minimum absolute atomic E-state index is 0.294. The van der Waals surface area contributed by atoms with Crippen molar-refractivity contribution in [2.75, 3.05) is 13.2 Å². The van der Waals surface area contributed by atoms with Crippen LogP contribution in [0.2, 0.25) is 0 Å². The molecule has 1 atom stereocenters. The van der Waals surface area contributed by atoms with E-state index < -0.39 is 5.97 Å². The number of hydrogen-bond donors (Lipinski definition) is 2. The quantitative estimate of drug-likeness (QED) is 0.905. The van der Waals surface area contributed by atoms with Crippen molar-refractivity contribution in [3.05, 3.63) is 34.6 Å². The Bertz CT molecular complexity index is 703. The number of aryl methyl sites for hydroxylation is 2. The molecule has 1 unspecified atom stereocenters. The fourth-order valence-corrected chi connectivity index (χ4v) is 2.87. The number of ether oxygens (including phenoxy) is 1. The Morgan fingerprint density at radius 2 is 2.18 bits per heavy atom. The lowest BCUT2D eigenvalue weighted by Gasteiger charge is -2.07. The second-order valence-corrected chi connectivity index (χ2v) is 5.84. The van der Waals surface area contributed by atoms with Crippen molar-refractivity contribution in [2.45, 2.75) is 26.7 Å². The van der Waals surface area contributed by atoms with E-state index >= 15 is 0 Å². The first-order chi connectivity index (χ1) is 10.5. The molecule has 2 N–H and O–H groups in total. The number of nitrogens with zero attached hydrogens (tertiary/aromatic N) is 2. The van der Waals surface area contributed by atoms with Gasteiger partial charge in [0.25, 0.3) is 0 Å². The van der Waals surface area contributed by atoms with Crippen LogP contribution in [0.1, 0.15) is 33.7 Å². The Morgan fingerprint density at radius 3 is 2.86 bits per heavy atom. The van der Waals surface area contributed by atoms with Gasteiger partial charge in [0.2, 0.25) is 0 Å². The third-order valence-corrected chi connectivity index (χ3v) is 4.10. The first-order valence-electron chi connectivity index (χ1n) is 7.39. The van der Waals surface area contributed by atoms with E-state index in [0.717, 1.165) is 48.6 Å². The molecule has 6 heteroatoms. The van der Waals surface area contributed by atoms with Crippen molar-refractivity contribution < 1.29 is 14.6 Å². The Balaban J connectivity index is 1.89. The number of H-pyrrole nitrogens is 1. The van der Waals surface area contributed by atoms with E-state index in [1.807, 2.05) is 13.0 Å². The number of rotatable bonds is 4. The summed E-state index contributed by atoms with van der Waals surface area (Å²) < 4.78 is 5.37. The Hall–Kier alpha value is -2.21. The average Bonchev–Trinajstić information content (AvgIpc) is 3.11. The van der Waals surface area contributed by atoms with Crippen LogP contribution in [-0.4, -0.2) is 39.5 Å². The summed E-state index contributed by atoms with van der Waals surface area (Å²) in [5.74, 6) is 0.993. The zero-order valence-electron chi connectivity index (χ0n) is 12.7. The lowest BCUT2D eigenvalue weighted by Crippen LogP contribution is -2.05. The van der Waals surface area contributed by atoms with Crippen LogP contribution in [0.5, 0.6) is 0 Å². The molecule has 2 aromatic rings. The molecule has 0 amide bonds. The smallest absolute Gasteiger partial charge is 0.335 e. The van der Waals surface area contributed by atoms with Crippen molar-refractivity contribution in [3.8, 4) is 11.4 Å². The van der Waals surface area contributed by atoms with Gasteiger partial charge in [-0.05, 0) is 43.4 Å². The van der Waals surface area contributed by atoms with E-state index in [0.29, 0.717) is 17.3 Å². The van der Waals surface area contributed by atoms with Gasteiger partial charge in [-0.1, -0.05) is 6.07 Å². The average molecular weight is 301 g/mol. The van der Waals surface area contributed by atoms with Crippen molar-refractivity contribution >= 4 is 5.97 Å². The minimum atomic E-state index is -0.929. The van der Waals surface area contributed by atoms with Crippen LogP contribution in [-0.2, 0) is 11.2 Å². The summed E-state index contributed by atoms with van der Waals surface area (Å²) >= 11 is 0. The van der Waals surface area contributed by atoms with Gasteiger partial charge in [-0.15, -0.1) is 10.2 Å². The Kier molecular flexibility index (Phi) is 3.94. The van der Waals surface area contributed by atoms with Crippen LogP contribution in [0.3, 0.4) is 0 Å². The Morgan fingerprint density at radius 1 is 1.36 bits per heavy atom. The number of nitrogens with one attached hydrogen (secondary N) is 1. The number of aromatic nitrogens is 3. The highest BCUT2D eigenvalue weighted by Crippen LogP contribution is 2.25. The highest BCUT2D eigenvalue weighted by atomic mass is 16.5. The monoisotopic (exact) mass is 301 g/mol. The topological polar surface area (TPSA) is 88.1 Å². The van der Waals surface area contributed by atoms with Gasteiger partial charge in [0.05, 0.1) is 5.56 Å². The van der Waals surface area contributed by atoms with E-state index in [9.17, 15) is 9.90 Å². The summed E-state index contributed by atoms with van der Waals surface area (Å²) in [6, 6.07) is 3.53. The molecule has 6 nitrogen and oxygen atoms in total. The number of hydrogen-bond acceptors (Lipinski definition) is 4. The maximum atomic E-state index is 11.3. The van der Waals surface area contributed by atoms with Crippen molar-refractivity contribution in [1.29, 1.82) is 0 Å². The molecule has 1 aliphatic rings. The van der Waals surface area contributed by atoms with Gasteiger partial charge in [0, 0.05) is 25.2 Å². The first-order valence-corrected chi connectivity index (χ1v) is 7.39. The van der Waals surface area contributed by atoms with Crippen LogP contribution in [0.4, 0.5) is 0 Å². The zero-order chi connectivity index (χ0) is 15.7. The molecule has 2 heterocycles. The molecule has 1 aromatic carbocycles. The first kappa shape index (κ1) is 14.7. The summed E-state index contributed by atoms with van der Waals surface area (Å²) in [5.41, 5.74) is 2.80. The maximum Gasteiger partial charge on any atom is 0.335 e. The lowest BCUT2D eigenvalue weighted by atomic mass is 9.99. The molecule has 116 valence electrons. The molecule has 1 fully saturated rings. The molecule has 0 radical (unpaired) electrons. The van der Waals surface area contributed by atoms with Crippen LogP contribution >= 0.6 is 0 Å². The van der Waals surface area contributed by atoms with Gasteiger partial charge in [-0.25, -0.2) is 4.79 Å². The zero-order valence-corrected chi connectivity index (χ0v) is 12.7. The SMILES string of the molecule is Cc1cc(C)c(-c2nnc(CC3CCOC3)[nH]2)cc1C(=O)O. The van der Waals surface area contributed by atoms with Gasteiger partial charge >= 0.3 is 5.97 Å². The van der Waals surface area contributed by atoms with Gasteiger partial charge < -0.3 is 14.8 Å². The number of benzene rings is 1. The van der Waals surface area contributed by atoms with E-state index in [1.54, 1.807) is 13.0 Å². The van der Waals surface area contributed by atoms with Crippen LogP contribution in [0.25, 0.3) is 11.4 Å². The van der Waals surface area contributed by atoms with E-state index in [-0.39, 0.29) is 0 Å². The van der Waals surface area contributed by atoms with Gasteiger partial charge in [-0.2, -0.15) is 0 Å². The molecule has 1 aromatic heterocycles. The standard InChI is InChI=1S/C16H19N3O3/c1-9-5-10(2)13(16(20)21)7-12(9)15-17-14(18-19-15)6-11-3-4-22-8-11/h5,7,11H,3-4,6,8H2,1-2H3,(H,20,21)(H,17,18,19). The molecule has 1 aliphatic heterocycles. The van der Waals surface area contributed by atoms with Gasteiger partial charge in [0.1, 0.15) is 5.82 Å². The normalized spacial score (nSPS) is 17.8. The lowest BCUT2D eigenvalue weighted by molar-refractivity contribution is 0.0696. The predicted molar refractivity (Wildman–Crippen MR) is 80.9 cm³/mol. The number of aromatic carboxylic acids is 1. The van der Waals surface area contributed by atoms with E-state index in [4.69, 9.17) is 4.74 Å². The largest absolute Gasteiger partial charge is 0.478 e. The number of carboxylic acids is 1. The molecule has 0 aliphatic carbocycles. The van der Waals surface area contributed by atoms with E-state index in [2.05, 4.69) is 15.2 Å². The molecular formula is C16H19N3O3.